The fourth-order valence-electron chi connectivity index (χ4n) is 1.79. The SMILES string of the molecule is OC1CCCC(n2ccnn2)C1. The highest BCUT2D eigenvalue weighted by molar-refractivity contribution is 4.78. The molecule has 1 N–H and O–H groups in total. The van der Waals surface area contributed by atoms with E-state index in [1.165, 1.54) is 0 Å². The Hall–Kier alpha value is -0.900. The molecule has 1 aliphatic rings. The summed E-state index contributed by atoms with van der Waals surface area (Å²) in [7, 11) is 0. The maximum absolute atomic E-state index is 9.42. The standard InChI is InChI=1S/C8H13N3O/c12-8-3-1-2-7(6-8)11-5-4-9-10-11/h4-5,7-8,12H,1-3,6H2. The van der Waals surface area contributed by atoms with Crippen LogP contribution < -0.4 is 0 Å². The average Bonchev–Trinajstić information content (AvgIpc) is 2.56. The van der Waals surface area contributed by atoms with E-state index in [9.17, 15) is 5.11 Å². The lowest BCUT2D eigenvalue weighted by Gasteiger charge is -2.25. The Bertz CT molecular complexity index is 234. The minimum Gasteiger partial charge on any atom is -0.393 e. The van der Waals surface area contributed by atoms with Gasteiger partial charge in [-0.15, -0.1) is 5.10 Å². The third-order valence-corrected chi connectivity index (χ3v) is 2.43. The molecular weight excluding hydrogens is 154 g/mol. The zero-order valence-corrected chi connectivity index (χ0v) is 6.93. The van der Waals surface area contributed by atoms with Gasteiger partial charge in [0, 0.05) is 6.20 Å². The van der Waals surface area contributed by atoms with Crippen LogP contribution in [0.1, 0.15) is 31.7 Å². The molecule has 4 nitrogen and oxygen atoms in total. The van der Waals surface area contributed by atoms with E-state index < -0.39 is 0 Å². The monoisotopic (exact) mass is 167 g/mol. The van der Waals surface area contributed by atoms with Gasteiger partial charge >= 0.3 is 0 Å². The van der Waals surface area contributed by atoms with Crippen LogP contribution in [0, 0.1) is 0 Å². The maximum atomic E-state index is 9.42. The molecule has 0 spiro atoms. The van der Waals surface area contributed by atoms with Gasteiger partial charge in [-0.25, -0.2) is 4.68 Å². The molecule has 12 heavy (non-hydrogen) atoms. The first-order valence-corrected chi connectivity index (χ1v) is 4.40. The van der Waals surface area contributed by atoms with Gasteiger partial charge in [0.15, 0.2) is 0 Å². The van der Waals surface area contributed by atoms with Gasteiger partial charge in [0.05, 0.1) is 18.3 Å². The van der Waals surface area contributed by atoms with Crippen molar-refractivity contribution in [3.8, 4) is 0 Å². The Labute approximate surface area is 71.2 Å². The Morgan fingerprint density at radius 3 is 3.00 bits per heavy atom. The van der Waals surface area contributed by atoms with Crippen molar-refractivity contribution in [3.05, 3.63) is 12.4 Å². The molecule has 0 aliphatic heterocycles. The summed E-state index contributed by atoms with van der Waals surface area (Å²) in [5.41, 5.74) is 0. The van der Waals surface area contributed by atoms with Crippen LogP contribution in [0.2, 0.25) is 0 Å². The number of nitrogens with zero attached hydrogens (tertiary/aromatic N) is 3. The molecule has 1 heterocycles. The van der Waals surface area contributed by atoms with Crippen LogP contribution in [0.5, 0.6) is 0 Å². The summed E-state index contributed by atoms with van der Waals surface area (Å²) in [5.74, 6) is 0. The summed E-state index contributed by atoms with van der Waals surface area (Å²) in [6.45, 7) is 0. The van der Waals surface area contributed by atoms with Crippen molar-refractivity contribution in [2.45, 2.75) is 37.8 Å². The van der Waals surface area contributed by atoms with Crippen molar-refractivity contribution >= 4 is 0 Å². The zero-order chi connectivity index (χ0) is 8.39. The molecular formula is C8H13N3O. The van der Waals surface area contributed by atoms with Gasteiger partial charge in [0.25, 0.3) is 0 Å². The van der Waals surface area contributed by atoms with Crippen molar-refractivity contribution in [2.24, 2.45) is 0 Å². The number of aromatic nitrogens is 3. The molecule has 0 aromatic carbocycles. The molecule has 2 atom stereocenters. The molecule has 0 saturated heterocycles. The van der Waals surface area contributed by atoms with E-state index in [4.69, 9.17) is 0 Å². The molecule has 2 unspecified atom stereocenters. The summed E-state index contributed by atoms with van der Waals surface area (Å²) in [6, 6.07) is 0.358. The summed E-state index contributed by atoms with van der Waals surface area (Å²) < 4.78 is 1.85. The predicted molar refractivity (Wildman–Crippen MR) is 43.5 cm³/mol. The normalized spacial score (nSPS) is 30.4. The minimum absolute atomic E-state index is 0.145. The molecule has 1 saturated carbocycles. The lowest BCUT2D eigenvalue weighted by atomic mass is 9.93. The van der Waals surface area contributed by atoms with Crippen molar-refractivity contribution in [1.82, 2.24) is 15.0 Å². The highest BCUT2D eigenvalue weighted by Crippen LogP contribution is 2.27. The first-order chi connectivity index (χ1) is 5.86. The molecule has 0 bridgehead atoms. The Morgan fingerprint density at radius 1 is 1.42 bits per heavy atom. The van der Waals surface area contributed by atoms with Gasteiger partial charge in [0.1, 0.15) is 0 Å². The van der Waals surface area contributed by atoms with Gasteiger partial charge in [0.2, 0.25) is 0 Å². The minimum atomic E-state index is -0.145. The van der Waals surface area contributed by atoms with Gasteiger partial charge < -0.3 is 5.11 Å². The van der Waals surface area contributed by atoms with Gasteiger partial charge in [-0.2, -0.15) is 0 Å². The highest BCUT2D eigenvalue weighted by Gasteiger charge is 2.21. The van der Waals surface area contributed by atoms with E-state index in [0.29, 0.717) is 6.04 Å². The topological polar surface area (TPSA) is 50.9 Å². The highest BCUT2D eigenvalue weighted by atomic mass is 16.3. The maximum Gasteiger partial charge on any atom is 0.0693 e. The molecule has 1 fully saturated rings. The number of hydrogen-bond acceptors (Lipinski definition) is 3. The summed E-state index contributed by atoms with van der Waals surface area (Å²) in [4.78, 5) is 0. The fraction of sp³-hybridized carbons (Fsp3) is 0.750. The zero-order valence-electron chi connectivity index (χ0n) is 6.93. The van der Waals surface area contributed by atoms with E-state index in [-0.39, 0.29) is 6.10 Å². The van der Waals surface area contributed by atoms with Gasteiger partial charge in [-0.05, 0) is 25.7 Å². The van der Waals surface area contributed by atoms with E-state index >= 15 is 0 Å². The summed E-state index contributed by atoms with van der Waals surface area (Å²) >= 11 is 0. The predicted octanol–water partition coefficient (Wildman–Crippen LogP) is 0.754. The molecule has 1 aromatic rings. The van der Waals surface area contributed by atoms with Crippen molar-refractivity contribution < 1.29 is 5.11 Å². The van der Waals surface area contributed by atoms with E-state index in [1.54, 1.807) is 6.20 Å². The smallest absolute Gasteiger partial charge is 0.0693 e. The van der Waals surface area contributed by atoms with E-state index in [0.717, 1.165) is 25.7 Å². The third kappa shape index (κ3) is 1.48. The van der Waals surface area contributed by atoms with E-state index in [1.807, 2.05) is 10.9 Å². The van der Waals surface area contributed by atoms with Crippen molar-refractivity contribution in [2.75, 3.05) is 0 Å². The second-order valence-electron chi connectivity index (χ2n) is 3.36. The molecule has 0 amide bonds. The number of aliphatic hydroxyl groups is 1. The Balaban J connectivity index is 2.04. The quantitative estimate of drug-likeness (QED) is 0.671. The second-order valence-corrected chi connectivity index (χ2v) is 3.36. The van der Waals surface area contributed by atoms with Crippen LogP contribution in [0.15, 0.2) is 12.4 Å². The number of hydrogen-bond donors (Lipinski definition) is 1. The van der Waals surface area contributed by atoms with Gasteiger partial charge in [-0.3, -0.25) is 0 Å². The summed E-state index contributed by atoms with van der Waals surface area (Å²) in [6.07, 6.45) is 7.36. The molecule has 1 aromatic heterocycles. The summed E-state index contributed by atoms with van der Waals surface area (Å²) in [5, 5.41) is 17.1. The number of aliphatic hydroxyl groups excluding tert-OH is 1. The third-order valence-electron chi connectivity index (χ3n) is 2.43. The largest absolute Gasteiger partial charge is 0.393 e. The Kier molecular flexibility index (Phi) is 2.08. The number of rotatable bonds is 1. The van der Waals surface area contributed by atoms with Gasteiger partial charge in [-0.1, -0.05) is 5.21 Å². The van der Waals surface area contributed by atoms with Crippen LogP contribution >= 0.6 is 0 Å². The Morgan fingerprint density at radius 2 is 2.33 bits per heavy atom. The lowest BCUT2D eigenvalue weighted by Crippen LogP contribution is -2.22. The average molecular weight is 167 g/mol. The van der Waals surface area contributed by atoms with Crippen molar-refractivity contribution in [3.63, 3.8) is 0 Å². The van der Waals surface area contributed by atoms with Crippen LogP contribution in [0.3, 0.4) is 0 Å². The van der Waals surface area contributed by atoms with Crippen LogP contribution in [-0.4, -0.2) is 26.2 Å². The van der Waals surface area contributed by atoms with Crippen LogP contribution in [0.4, 0.5) is 0 Å². The first kappa shape index (κ1) is 7.73. The lowest BCUT2D eigenvalue weighted by molar-refractivity contribution is 0.0995. The molecule has 2 rings (SSSR count). The molecule has 1 aliphatic carbocycles. The van der Waals surface area contributed by atoms with Crippen LogP contribution in [0.25, 0.3) is 0 Å². The van der Waals surface area contributed by atoms with Crippen LogP contribution in [-0.2, 0) is 0 Å². The first-order valence-electron chi connectivity index (χ1n) is 4.40. The van der Waals surface area contributed by atoms with E-state index in [2.05, 4.69) is 10.3 Å². The molecule has 66 valence electrons. The van der Waals surface area contributed by atoms with Crippen molar-refractivity contribution in [1.29, 1.82) is 0 Å². The fourth-order valence-corrected chi connectivity index (χ4v) is 1.79. The molecule has 4 heteroatoms. The second kappa shape index (κ2) is 3.23. The molecule has 0 radical (unpaired) electrons.